The van der Waals surface area contributed by atoms with Crippen molar-refractivity contribution in [3.8, 4) is 0 Å². The van der Waals surface area contributed by atoms with Gasteiger partial charge in [-0.15, -0.1) is 0 Å². The average Bonchev–Trinajstić information content (AvgIpc) is 1.40. The standard InChI is InChI=1S/C16H21Cl2NO2.C16H23Cl2NO.C16H21Cl2N.C14H14Cl2O2.C4H9.C2H7N.CH3ClO2S.B.Li/c1-2-19-15(21)16(8-4-3-5-12(16)10-20)11-6-7-13(17)14(18)9-11;1-2-19-11-16(8-4-3-5-13(16)10-20)12-6-7-14(17)15(18)9-12;1-2-19-10-13-5-3-4-8-16(13,11-19)12-6-7-14(17)15(18)9-12;15-11-5-4-9(7-12(11)16)14-6-2-1-3-10(14)8-18-13(14)17;1-3-4-2;1-2-3;1-5(2,3)4;;/h6-7,9,12,20H,2-5,8,10H2,1H3,(H,19,21);6-7,9,13,19-20H,2-5,8,10-11H2,1H3;6-7,9,13H,2-5,8,10-11H2,1H3;4-5,7,10H,1-3,6,8H2;1,3-4H2,2H3;2-3H2,1H3;1H3;;/q;;;;-1;;;;+1/t12-,16+;13-,16+;13-,16?;10-,14?;;;;;/m0000...../s1. The normalized spacial score (nSPS) is 25.4. The number of benzene rings is 4. The Morgan fingerprint density at radius 3 is 1.58 bits per heavy atom. The molecule has 0 bridgehead atoms. The van der Waals surface area contributed by atoms with Gasteiger partial charge in [0.05, 0.1) is 63.9 Å². The predicted octanol–water partition coefficient (Wildman–Crippen LogP) is 14.7. The number of unbranched alkanes of at least 4 members (excludes halogenated alkanes) is 1. The van der Waals surface area contributed by atoms with Gasteiger partial charge in [0.1, 0.15) is 0 Å². The minimum Gasteiger partial charge on any atom is -0.465 e. The fraction of sp³-hybridized carbons (Fsp3) is 0.609. The minimum atomic E-state index is -3.19. The molecule has 6 N–H and O–H groups in total. The van der Waals surface area contributed by atoms with Gasteiger partial charge in [0.25, 0.3) is 0 Å². The van der Waals surface area contributed by atoms with Gasteiger partial charge < -0.3 is 43.1 Å². The van der Waals surface area contributed by atoms with Crippen LogP contribution in [0.1, 0.15) is 172 Å². The van der Waals surface area contributed by atoms with Crippen molar-refractivity contribution in [2.45, 2.75) is 172 Å². The summed E-state index contributed by atoms with van der Waals surface area (Å²) in [6, 6.07) is 23.1. The van der Waals surface area contributed by atoms with Crippen LogP contribution in [0.4, 0.5) is 0 Å². The van der Waals surface area contributed by atoms with E-state index >= 15 is 0 Å². The van der Waals surface area contributed by atoms with E-state index in [9.17, 15) is 28.2 Å². The molecule has 0 spiro atoms. The molecule has 6 fully saturated rings. The number of ether oxygens (including phenoxy) is 1. The molecule has 3 radical (unpaired) electrons. The van der Waals surface area contributed by atoms with Crippen LogP contribution in [0, 0.1) is 30.6 Å². The summed E-state index contributed by atoms with van der Waals surface area (Å²) < 4.78 is 24.1. The number of hydrogen-bond donors (Lipinski definition) is 5. The van der Waals surface area contributed by atoms with Crippen LogP contribution in [0.15, 0.2) is 72.8 Å². The first-order valence-electron chi connectivity index (χ1n) is 32.1. The number of cyclic esters (lactones) is 1. The SMILES string of the molecule is CCN.CCN1C[C@@H]2CCCCC2(c2ccc(Cl)c(Cl)c2)C1.CCNC(=O)[C@@]1(c2ccc(Cl)c(Cl)c2)CCCC[C@H]1CO.CCNC[C@@]1(c2ccc(Cl)c(Cl)c2)CCCC[C@H]1CO.CS(=O)(=O)Cl.O=C1OC[C@@H]2CCCCC12c1ccc(Cl)c(Cl)c1.[B].[CH2-]CCC.[Li+]. The Morgan fingerprint density at radius 2 is 1.08 bits per heavy atom. The Balaban J connectivity index is 0.000000391. The van der Waals surface area contributed by atoms with Crippen molar-refractivity contribution >= 4 is 133 Å². The Bertz CT molecular complexity index is 2990. The summed E-state index contributed by atoms with van der Waals surface area (Å²) >= 11 is 48.7. The molecular formula is C69H98BCl9LiN4O7S. The zero-order chi connectivity index (χ0) is 66.9. The third-order valence-corrected chi connectivity index (χ3v) is 21.8. The van der Waals surface area contributed by atoms with Gasteiger partial charge in [-0.1, -0.05) is 203 Å². The van der Waals surface area contributed by atoms with Crippen molar-refractivity contribution in [2.75, 3.05) is 71.9 Å². The zero-order valence-corrected chi connectivity index (χ0v) is 62.7. The number of likely N-dealkylation sites (N-methyl/N-ethyl adjacent to an activating group) is 3. The summed E-state index contributed by atoms with van der Waals surface area (Å²) in [6.45, 7) is 21.4. The van der Waals surface area contributed by atoms with Crippen molar-refractivity contribution in [2.24, 2.45) is 29.4 Å². The first-order chi connectivity index (χ1) is 42.8. The zero-order valence-electron chi connectivity index (χ0n) is 55.1. The summed E-state index contributed by atoms with van der Waals surface area (Å²) in [5.41, 5.74) is 8.36. The van der Waals surface area contributed by atoms with E-state index < -0.39 is 19.9 Å². The van der Waals surface area contributed by atoms with Crippen LogP contribution >= 0.6 is 103 Å². The Kier molecular flexibility index (Phi) is 40.4. The van der Waals surface area contributed by atoms with Gasteiger partial charge in [0.2, 0.25) is 15.0 Å². The number of esters is 1. The van der Waals surface area contributed by atoms with Gasteiger partial charge in [-0.3, -0.25) is 9.59 Å². The Labute approximate surface area is 610 Å². The maximum atomic E-state index is 12.8. The van der Waals surface area contributed by atoms with Crippen LogP contribution in [0.25, 0.3) is 0 Å². The van der Waals surface area contributed by atoms with Crippen LogP contribution in [0.5, 0.6) is 0 Å². The molecule has 4 aliphatic carbocycles. The average molecular weight is 1460 g/mol. The quantitative estimate of drug-likeness (QED) is 0.0376. The molecule has 23 heteroatoms. The van der Waals surface area contributed by atoms with Crippen LogP contribution in [-0.4, -0.2) is 116 Å². The van der Waals surface area contributed by atoms with Crippen molar-refractivity contribution in [3.63, 3.8) is 0 Å². The number of fused-ring (bicyclic) bond motifs is 2. The topological polar surface area (TPSA) is 171 Å². The van der Waals surface area contributed by atoms with E-state index in [-0.39, 0.29) is 75.5 Å². The maximum absolute atomic E-state index is 12.8. The second-order valence-corrected chi connectivity index (χ2v) is 30.7. The Morgan fingerprint density at radius 1 is 0.641 bits per heavy atom. The fourth-order valence-electron chi connectivity index (χ4n) is 14.2. The van der Waals surface area contributed by atoms with Gasteiger partial charge in [0.15, 0.2) is 0 Å². The molecule has 8 atom stereocenters. The molecule has 2 saturated heterocycles. The number of nitrogens with two attached hydrogens (primary N) is 1. The molecule has 4 aromatic carbocycles. The molecule has 2 unspecified atom stereocenters. The Hall–Kier alpha value is -1.16. The van der Waals surface area contributed by atoms with Gasteiger partial charge >= 0.3 is 24.8 Å². The van der Waals surface area contributed by atoms with E-state index in [1.807, 2.05) is 50.2 Å². The van der Waals surface area contributed by atoms with Crippen molar-refractivity contribution < 1.29 is 51.8 Å². The number of nitrogens with zero attached hydrogens (tertiary/aromatic N) is 1. The monoisotopic (exact) mass is 1460 g/mol. The number of rotatable bonds is 13. The van der Waals surface area contributed by atoms with Crippen molar-refractivity contribution in [1.82, 2.24) is 15.5 Å². The number of likely N-dealkylation sites (tertiary alicyclic amines) is 1. The van der Waals surface area contributed by atoms with Crippen molar-refractivity contribution in [3.05, 3.63) is 142 Å². The van der Waals surface area contributed by atoms with Gasteiger partial charge in [0, 0.05) is 81.2 Å². The number of aliphatic hydroxyl groups is 2. The largest absolute Gasteiger partial charge is 1.00 e. The summed E-state index contributed by atoms with van der Waals surface area (Å²) in [7, 11) is 1.31. The van der Waals surface area contributed by atoms with E-state index in [4.69, 9.17) is 103 Å². The second-order valence-electron chi connectivity index (χ2n) is 24.4. The number of carbonyl (C=O) groups excluding carboxylic acids is 2. The van der Waals surface area contributed by atoms with Crippen LogP contribution in [0.2, 0.25) is 40.2 Å². The van der Waals surface area contributed by atoms with Crippen LogP contribution < -0.4 is 35.2 Å². The first-order valence-corrected chi connectivity index (χ1v) is 37.9. The molecule has 6 aliphatic rings. The molecule has 10 rings (SSSR count). The number of halogens is 9. The smallest absolute Gasteiger partial charge is 0.465 e. The van der Waals surface area contributed by atoms with E-state index in [1.54, 1.807) is 18.2 Å². The number of amides is 1. The van der Waals surface area contributed by atoms with E-state index in [0.717, 1.165) is 114 Å². The third-order valence-electron chi connectivity index (χ3n) is 18.9. The summed E-state index contributed by atoms with van der Waals surface area (Å²) in [4.78, 5) is 27.6. The molecule has 2 heterocycles. The summed E-state index contributed by atoms with van der Waals surface area (Å²) in [6.07, 6.45) is 20.8. The number of hydrogen-bond acceptors (Lipinski definition) is 10. The number of nitrogens with one attached hydrogen (secondary N) is 2. The number of aliphatic hydroxyl groups excluding tert-OH is 2. The molecule has 2 aliphatic heterocycles. The van der Waals surface area contributed by atoms with Gasteiger partial charge in [-0.05, 0) is 161 Å². The van der Waals surface area contributed by atoms with E-state index in [1.165, 1.54) is 75.6 Å². The number of carbonyl (C=O) groups is 2. The van der Waals surface area contributed by atoms with E-state index in [0.29, 0.717) is 58.7 Å². The molecule has 4 aromatic rings. The minimum absolute atomic E-state index is 0. The summed E-state index contributed by atoms with van der Waals surface area (Å²) in [5, 5.41) is 30.5. The van der Waals surface area contributed by atoms with Crippen molar-refractivity contribution in [1.29, 1.82) is 0 Å². The summed E-state index contributed by atoms with van der Waals surface area (Å²) in [5.74, 6) is 1.16. The molecule has 11 nitrogen and oxygen atoms in total. The molecule has 92 heavy (non-hydrogen) atoms. The van der Waals surface area contributed by atoms with Crippen LogP contribution in [-0.2, 0) is 45.0 Å². The fourth-order valence-corrected chi connectivity index (χ4v) is 15.4. The molecular weight excluding hydrogens is 1370 g/mol. The predicted molar refractivity (Wildman–Crippen MR) is 386 cm³/mol. The van der Waals surface area contributed by atoms with Gasteiger partial charge in [-0.2, -0.15) is 6.42 Å². The first kappa shape index (κ1) is 86.9. The molecule has 0 aromatic heterocycles. The maximum Gasteiger partial charge on any atom is 1.00 e. The second kappa shape index (κ2) is 42.7. The van der Waals surface area contributed by atoms with Gasteiger partial charge in [-0.25, -0.2) is 8.42 Å². The third kappa shape index (κ3) is 23.2. The molecule has 509 valence electrons. The van der Waals surface area contributed by atoms with E-state index in [2.05, 4.69) is 72.1 Å². The molecule has 4 saturated carbocycles. The van der Waals surface area contributed by atoms with Crippen LogP contribution in [0.3, 0.4) is 0 Å². The molecule has 1 amide bonds.